The summed E-state index contributed by atoms with van der Waals surface area (Å²) in [5.74, 6) is -0.414. The predicted molar refractivity (Wildman–Crippen MR) is 87.8 cm³/mol. The number of rotatable bonds is 4. The van der Waals surface area contributed by atoms with Crippen LogP contribution < -0.4 is 10.2 Å². The number of aryl methyl sites for hydroxylation is 1. The van der Waals surface area contributed by atoms with Crippen LogP contribution in [-0.4, -0.2) is 23.3 Å². The molecule has 1 N–H and O–H groups in total. The molecule has 5 heteroatoms. The summed E-state index contributed by atoms with van der Waals surface area (Å²) in [5.41, 5.74) is 3.02. The Bertz CT molecular complexity index is 700. The normalized spacial score (nSPS) is 13.3. The molecule has 0 saturated carbocycles. The zero-order chi connectivity index (χ0) is 16.1. The smallest absolute Gasteiger partial charge is 0.236 e. The summed E-state index contributed by atoms with van der Waals surface area (Å²) in [6, 6.07) is 11.6. The van der Waals surface area contributed by atoms with Gasteiger partial charge in [-0.25, -0.2) is 0 Å². The van der Waals surface area contributed by atoms with Gasteiger partial charge in [0.15, 0.2) is 0 Å². The highest BCUT2D eigenvalue weighted by Crippen LogP contribution is 2.27. The molecule has 1 aromatic carbocycles. The van der Waals surface area contributed by atoms with E-state index in [2.05, 4.69) is 10.3 Å². The summed E-state index contributed by atoms with van der Waals surface area (Å²) < 4.78 is 0. The van der Waals surface area contributed by atoms with Crippen molar-refractivity contribution in [1.29, 1.82) is 0 Å². The molecule has 118 valence electrons. The van der Waals surface area contributed by atoms with E-state index in [4.69, 9.17) is 0 Å². The van der Waals surface area contributed by atoms with Gasteiger partial charge in [0.2, 0.25) is 11.8 Å². The summed E-state index contributed by atoms with van der Waals surface area (Å²) in [7, 11) is 0. The Morgan fingerprint density at radius 1 is 1.17 bits per heavy atom. The first kappa shape index (κ1) is 15.2. The molecule has 2 amide bonds. The van der Waals surface area contributed by atoms with Crippen LogP contribution in [0.15, 0.2) is 48.8 Å². The number of anilines is 1. The third-order valence-corrected chi connectivity index (χ3v) is 3.94. The molecular formula is C18H19N3O2. The van der Waals surface area contributed by atoms with Crippen LogP contribution in [0.25, 0.3) is 0 Å². The Labute approximate surface area is 135 Å². The highest BCUT2D eigenvalue weighted by molar-refractivity contribution is 6.05. The van der Waals surface area contributed by atoms with Gasteiger partial charge in [-0.2, -0.15) is 0 Å². The van der Waals surface area contributed by atoms with Crippen molar-refractivity contribution in [1.82, 2.24) is 10.3 Å². The van der Waals surface area contributed by atoms with E-state index in [0.29, 0.717) is 13.1 Å². The molecule has 23 heavy (non-hydrogen) atoms. The Hall–Kier alpha value is -2.69. The molecule has 0 saturated heterocycles. The molecule has 0 radical (unpaired) electrons. The Morgan fingerprint density at radius 3 is 2.87 bits per heavy atom. The van der Waals surface area contributed by atoms with Gasteiger partial charge in [0, 0.05) is 31.2 Å². The van der Waals surface area contributed by atoms with Crippen molar-refractivity contribution in [2.45, 2.75) is 25.8 Å². The third kappa shape index (κ3) is 3.74. The van der Waals surface area contributed by atoms with E-state index in [-0.39, 0.29) is 18.2 Å². The largest absolute Gasteiger partial charge is 0.352 e. The van der Waals surface area contributed by atoms with Crippen LogP contribution >= 0.6 is 0 Å². The van der Waals surface area contributed by atoms with Crippen LogP contribution in [0, 0.1) is 0 Å². The lowest BCUT2D eigenvalue weighted by Crippen LogP contribution is -2.38. The molecular weight excluding hydrogens is 290 g/mol. The monoisotopic (exact) mass is 309 g/mol. The Balaban J connectivity index is 1.58. The van der Waals surface area contributed by atoms with Crippen LogP contribution in [0.4, 0.5) is 5.69 Å². The van der Waals surface area contributed by atoms with Gasteiger partial charge in [-0.3, -0.25) is 14.6 Å². The van der Waals surface area contributed by atoms with Crippen LogP contribution in [-0.2, 0) is 22.6 Å². The summed E-state index contributed by atoms with van der Waals surface area (Å²) in [4.78, 5) is 30.2. The lowest BCUT2D eigenvalue weighted by atomic mass is 10.0. The van der Waals surface area contributed by atoms with Crippen molar-refractivity contribution in [3.05, 3.63) is 59.9 Å². The van der Waals surface area contributed by atoms with Crippen molar-refractivity contribution < 1.29 is 9.59 Å². The van der Waals surface area contributed by atoms with Gasteiger partial charge in [-0.1, -0.05) is 24.3 Å². The lowest BCUT2D eigenvalue weighted by Gasteiger charge is -2.29. The molecule has 0 fully saturated rings. The number of carbonyl (C=O) groups excluding carboxylic acids is 2. The minimum Gasteiger partial charge on any atom is -0.352 e. The van der Waals surface area contributed by atoms with Gasteiger partial charge in [0.05, 0.1) is 0 Å². The fraction of sp³-hybridized carbons (Fsp3) is 0.278. The van der Waals surface area contributed by atoms with Gasteiger partial charge in [-0.05, 0) is 36.1 Å². The van der Waals surface area contributed by atoms with Crippen molar-refractivity contribution in [3.8, 4) is 0 Å². The molecule has 0 bridgehead atoms. The van der Waals surface area contributed by atoms with Crippen LogP contribution in [0.1, 0.15) is 24.0 Å². The first-order chi connectivity index (χ1) is 11.2. The number of hydrogen-bond acceptors (Lipinski definition) is 3. The number of pyridine rings is 1. The van der Waals surface area contributed by atoms with Crippen LogP contribution in [0.3, 0.4) is 0 Å². The number of benzene rings is 1. The predicted octanol–water partition coefficient (Wildman–Crippen LogP) is 2.07. The number of para-hydroxylation sites is 1. The highest BCUT2D eigenvalue weighted by Gasteiger charge is 2.23. The van der Waals surface area contributed by atoms with Crippen LogP contribution in [0.2, 0.25) is 0 Å². The molecule has 0 spiro atoms. The van der Waals surface area contributed by atoms with Gasteiger partial charge in [-0.15, -0.1) is 0 Å². The fourth-order valence-electron chi connectivity index (χ4n) is 2.79. The minimum atomic E-state index is -0.262. The maximum absolute atomic E-state index is 12.4. The molecule has 2 heterocycles. The molecule has 0 unspecified atom stereocenters. The summed E-state index contributed by atoms with van der Waals surface area (Å²) >= 11 is 0. The number of amides is 2. The first-order valence-electron chi connectivity index (χ1n) is 7.78. The van der Waals surface area contributed by atoms with E-state index in [0.717, 1.165) is 24.1 Å². The zero-order valence-electron chi connectivity index (χ0n) is 12.9. The average Bonchev–Trinajstić information content (AvgIpc) is 2.60. The van der Waals surface area contributed by atoms with E-state index in [1.807, 2.05) is 36.4 Å². The molecule has 0 aliphatic carbocycles. The second-order valence-electron chi connectivity index (χ2n) is 5.59. The van der Waals surface area contributed by atoms with E-state index in [1.165, 1.54) is 5.56 Å². The van der Waals surface area contributed by atoms with Gasteiger partial charge in [0.25, 0.3) is 0 Å². The number of carbonyl (C=O) groups is 2. The number of fused-ring (bicyclic) bond motifs is 1. The molecule has 5 nitrogen and oxygen atoms in total. The average molecular weight is 309 g/mol. The van der Waals surface area contributed by atoms with E-state index < -0.39 is 0 Å². The van der Waals surface area contributed by atoms with E-state index in [1.54, 1.807) is 17.3 Å². The maximum atomic E-state index is 12.4. The van der Waals surface area contributed by atoms with Gasteiger partial charge >= 0.3 is 0 Å². The summed E-state index contributed by atoms with van der Waals surface area (Å²) in [6.07, 6.45) is 5.16. The van der Waals surface area contributed by atoms with Crippen molar-refractivity contribution in [3.63, 3.8) is 0 Å². The number of nitrogens with zero attached hydrogens (tertiary/aromatic N) is 2. The van der Waals surface area contributed by atoms with Crippen molar-refractivity contribution >= 4 is 17.5 Å². The second-order valence-corrected chi connectivity index (χ2v) is 5.59. The van der Waals surface area contributed by atoms with Gasteiger partial charge < -0.3 is 10.2 Å². The minimum absolute atomic E-state index is 0.130. The third-order valence-electron chi connectivity index (χ3n) is 3.94. The van der Waals surface area contributed by atoms with Gasteiger partial charge in [0.1, 0.15) is 6.42 Å². The molecule has 1 aliphatic heterocycles. The van der Waals surface area contributed by atoms with Crippen LogP contribution in [0.5, 0.6) is 0 Å². The SMILES string of the molecule is O=C(CC(=O)N1CCCc2ccccc21)NCc1cccnc1. The summed E-state index contributed by atoms with van der Waals surface area (Å²) in [5, 5.41) is 2.77. The maximum Gasteiger partial charge on any atom is 0.236 e. The molecule has 1 aromatic heterocycles. The molecule has 3 rings (SSSR count). The number of aromatic nitrogens is 1. The summed E-state index contributed by atoms with van der Waals surface area (Å²) in [6.45, 7) is 1.06. The number of hydrogen-bond donors (Lipinski definition) is 1. The lowest BCUT2D eigenvalue weighted by molar-refractivity contribution is -0.128. The molecule has 2 aromatic rings. The Kier molecular flexibility index (Phi) is 4.66. The van der Waals surface area contributed by atoms with Crippen molar-refractivity contribution in [2.24, 2.45) is 0 Å². The molecule has 0 atom stereocenters. The van der Waals surface area contributed by atoms with E-state index >= 15 is 0 Å². The quantitative estimate of drug-likeness (QED) is 0.880. The number of nitrogens with one attached hydrogen (secondary N) is 1. The highest BCUT2D eigenvalue weighted by atomic mass is 16.2. The first-order valence-corrected chi connectivity index (χ1v) is 7.78. The van der Waals surface area contributed by atoms with Crippen molar-refractivity contribution in [2.75, 3.05) is 11.4 Å². The Morgan fingerprint density at radius 2 is 2.04 bits per heavy atom. The van der Waals surface area contributed by atoms with E-state index in [9.17, 15) is 9.59 Å². The fourth-order valence-corrected chi connectivity index (χ4v) is 2.79. The molecule has 1 aliphatic rings. The topological polar surface area (TPSA) is 62.3 Å². The standard InChI is InChI=1S/C18H19N3O2/c22-17(20-13-14-5-3-9-19-12-14)11-18(23)21-10-4-7-15-6-1-2-8-16(15)21/h1-3,5-6,8-9,12H,4,7,10-11,13H2,(H,20,22). The second kappa shape index (κ2) is 7.05. The zero-order valence-corrected chi connectivity index (χ0v) is 12.9.